The van der Waals surface area contributed by atoms with Gasteiger partial charge in [0.2, 0.25) is 0 Å². The number of benzene rings is 1. The number of carbonyl (C=O) groups excluding carboxylic acids is 1. The Balaban J connectivity index is 2.49. The van der Waals surface area contributed by atoms with Gasteiger partial charge in [0.1, 0.15) is 5.75 Å². The maximum Gasteiger partial charge on any atom is 0.322 e. The van der Waals surface area contributed by atoms with Crippen LogP contribution >= 0.6 is 11.9 Å². The maximum atomic E-state index is 10.5. The van der Waals surface area contributed by atoms with E-state index in [2.05, 4.69) is 4.72 Å². The van der Waals surface area contributed by atoms with Gasteiger partial charge in [0, 0.05) is 0 Å². The first-order valence-electron chi connectivity index (χ1n) is 4.71. The molecule has 1 rings (SSSR count). The fourth-order valence-electron chi connectivity index (χ4n) is 1.18. The predicted molar refractivity (Wildman–Crippen MR) is 63.0 cm³/mol. The molecule has 0 saturated heterocycles. The van der Waals surface area contributed by atoms with Crippen molar-refractivity contribution in [1.29, 1.82) is 0 Å². The van der Waals surface area contributed by atoms with Gasteiger partial charge in [0.05, 0.1) is 11.9 Å². The van der Waals surface area contributed by atoms with E-state index < -0.39 is 6.03 Å². The van der Waals surface area contributed by atoms with Crippen molar-refractivity contribution in [2.24, 2.45) is 5.73 Å². The number of urea groups is 1. The average molecular weight is 242 g/mol. The number of amides is 2. The number of primary amides is 1. The summed E-state index contributed by atoms with van der Waals surface area (Å²) < 4.78 is 2.37. The van der Waals surface area contributed by atoms with Crippen molar-refractivity contribution in [3.05, 3.63) is 29.8 Å². The molecule has 0 fully saturated rings. The minimum atomic E-state index is -0.630. The van der Waals surface area contributed by atoms with Crippen molar-refractivity contribution in [3.8, 4) is 5.75 Å². The second-order valence-corrected chi connectivity index (χ2v) is 4.37. The van der Waals surface area contributed by atoms with Crippen LogP contribution in [0.15, 0.2) is 24.3 Å². The fourth-order valence-corrected chi connectivity index (χ4v) is 1.81. The molecule has 1 aromatic carbocycles. The second kappa shape index (κ2) is 6.24. The highest BCUT2D eigenvalue weighted by Crippen LogP contribution is 2.16. The Morgan fingerprint density at radius 1 is 1.44 bits per heavy atom. The molecule has 1 aromatic rings. The molecular formula is C10H14N2O3S. The number of phenols is 1. The number of nitrogens with one attached hydrogen (secondary N) is 1. The molecule has 0 aliphatic carbocycles. The van der Waals surface area contributed by atoms with Gasteiger partial charge < -0.3 is 15.9 Å². The predicted octanol–water partition coefficient (Wildman–Crippen LogP) is 0.612. The van der Waals surface area contributed by atoms with Gasteiger partial charge in [-0.1, -0.05) is 12.1 Å². The first-order valence-corrected chi connectivity index (χ1v) is 5.59. The highest BCUT2D eigenvalue weighted by Gasteiger charge is 2.10. The molecule has 0 aromatic heterocycles. The monoisotopic (exact) mass is 242 g/mol. The van der Waals surface area contributed by atoms with Gasteiger partial charge in [-0.2, -0.15) is 0 Å². The van der Waals surface area contributed by atoms with E-state index in [1.54, 1.807) is 24.3 Å². The Morgan fingerprint density at radius 3 is 2.56 bits per heavy atom. The Bertz CT molecular complexity index is 342. The number of aliphatic hydroxyl groups is 1. The molecule has 88 valence electrons. The molecule has 5 N–H and O–H groups in total. The highest BCUT2D eigenvalue weighted by molar-refractivity contribution is 7.98. The van der Waals surface area contributed by atoms with Crippen LogP contribution < -0.4 is 10.5 Å². The number of aromatic hydroxyl groups is 1. The molecule has 5 nitrogen and oxygen atoms in total. The first-order chi connectivity index (χ1) is 7.61. The van der Waals surface area contributed by atoms with Crippen molar-refractivity contribution in [2.45, 2.75) is 11.7 Å². The van der Waals surface area contributed by atoms with E-state index in [9.17, 15) is 4.79 Å². The van der Waals surface area contributed by atoms with E-state index in [1.165, 1.54) is 0 Å². The van der Waals surface area contributed by atoms with Crippen molar-refractivity contribution in [3.63, 3.8) is 0 Å². The third-order valence-electron chi connectivity index (χ3n) is 1.93. The lowest BCUT2D eigenvalue weighted by Crippen LogP contribution is -2.27. The molecule has 0 radical (unpaired) electrons. The van der Waals surface area contributed by atoms with E-state index in [-0.39, 0.29) is 17.6 Å². The molecule has 0 bridgehead atoms. The molecule has 1 atom stereocenters. The van der Waals surface area contributed by atoms with Crippen molar-refractivity contribution < 1.29 is 15.0 Å². The summed E-state index contributed by atoms with van der Waals surface area (Å²) in [6.45, 7) is -0.0637. The van der Waals surface area contributed by atoms with Crippen LogP contribution in [0.1, 0.15) is 5.56 Å². The summed E-state index contributed by atoms with van der Waals surface area (Å²) >= 11 is 1.09. The van der Waals surface area contributed by atoms with E-state index in [1.807, 2.05) is 0 Å². The van der Waals surface area contributed by atoms with Crippen LogP contribution in [0.4, 0.5) is 4.79 Å². The van der Waals surface area contributed by atoms with Crippen molar-refractivity contribution >= 4 is 18.0 Å². The van der Waals surface area contributed by atoms with Crippen molar-refractivity contribution in [1.82, 2.24) is 4.72 Å². The van der Waals surface area contributed by atoms with E-state index >= 15 is 0 Å². The van der Waals surface area contributed by atoms with Gasteiger partial charge in [0.15, 0.2) is 0 Å². The molecule has 16 heavy (non-hydrogen) atoms. The number of phenolic OH excluding ortho intramolecular Hbond substituents is 1. The van der Waals surface area contributed by atoms with Crippen LogP contribution in [-0.2, 0) is 6.42 Å². The van der Waals surface area contributed by atoms with Crippen molar-refractivity contribution in [2.75, 3.05) is 6.61 Å². The molecular weight excluding hydrogens is 228 g/mol. The van der Waals surface area contributed by atoms with Gasteiger partial charge in [-0.3, -0.25) is 4.72 Å². The zero-order valence-electron chi connectivity index (χ0n) is 8.59. The Kier molecular flexibility index (Phi) is 4.94. The van der Waals surface area contributed by atoms with E-state index in [0.717, 1.165) is 17.5 Å². The van der Waals surface area contributed by atoms with Crippen LogP contribution in [-0.4, -0.2) is 28.1 Å². The molecule has 0 aliphatic rings. The molecule has 0 saturated carbocycles. The largest absolute Gasteiger partial charge is 0.508 e. The second-order valence-electron chi connectivity index (χ2n) is 3.26. The number of nitrogens with two attached hydrogens (primary N) is 1. The van der Waals surface area contributed by atoms with Crippen LogP contribution in [0.25, 0.3) is 0 Å². The standard InChI is InChI=1S/C10H14N2O3S/c11-10(15)12-16-9(6-13)5-7-1-3-8(14)4-2-7/h1-4,9,13-14H,5-6H2,(H3,11,12,15)/t9-/m1/s1. The Morgan fingerprint density at radius 2 is 2.06 bits per heavy atom. The summed E-state index contributed by atoms with van der Waals surface area (Å²) in [5.74, 6) is 0.201. The molecule has 6 heteroatoms. The van der Waals surface area contributed by atoms with E-state index in [4.69, 9.17) is 15.9 Å². The van der Waals surface area contributed by atoms with Crippen LogP contribution in [0.5, 0.6) is 5.75 Å². The van der Waals surface area contributed by atoms with Gasteiger partial charge in [0.25, 0.3) is 0 Å². The Hall–Kier alpha value is -1.40. The summed E-state index contributed by atoms with van der Waals surface area (Å²) in [6, 6.07) is 6.06. The number of aliphatic hydroxyl groups excluding tert-OH is 1. The van der Waals surface area contributed by atoms with E-state index in [0.29, 0.717) is 6.42 Å². The average Bonchev–Trinajstić information content (AvgIpc) is 2.26. The normalized spacial score (nSPS) is 12.1. The lowest BCUT2D eigenvalue weighted by atomic mass is 10.1. The smallest absolute Gasteiger partial charge is 0.322 e. The lowest BCUT2D eigenvalue weighted by Gasteiger charge is -2.13. The minimum Gasteiger partial charge on any atom is -0.508 e. The number of rotatable bonds is 5. The zero-order valence-corrected chi connectivity index (χ0v) is 9.41. The quantitative estimate of drug-likeness (QED) is 0.569. The summed E-state index contributed by atoms with van der Waals surface area (Å²) in [6.07, 6.45) is 0.585. The van der Waals surface area contributed by atoms with Gasteiger partial charge >= 0.3 is 6.03 Å². The summed E-state index contributed by atoms with van der Waals surface area (Å²) in [7, 11) is 0. The zero-order chi connectivity index (χ0) is 12.0. The molecule has 0 aliphatic heterocycles. The van der Waals surface area contributed by atoms with Crippen LogP contribution in [0, 0.1) is 0 Å². The highest BCUT2D eigenvalue weighted by atomic mass is 32.2. The topological polar surface area (TPSA) is 95.6 Å². The molecule has 2 amide bonds. The molecule has 0 heterocycles. The number of hydrogen-bond donors (Lipinski definition) is 4. The Labute approximate surface area is 97.8 Å². The lowest BCUT2D eigenvalue weighted by molar-refractivity contribution is 0.254. The third kappa shape index (κ3) is 4.41. The number of hydrogen-bond acceptors (Lipinski definition) is 4. The SMILES string of the molecule is NC(=O)NS[C@@H](CO)Cc1ccc(O)cc1. The van der Waals surface area contributed by atoms with Crippen LogP contribution in [0.2, 0.25) is 0 Å². The summed E-state index contributed by atoms with van der Waals surface area (Å²) in [4.78, 5) is 10.5. The first kappa shape index (κ1) is 12.7. The van der Waals surface area contributed by atoms with Crippen LogP contribution in [0.3, 0.4) is 0 Å². The molecule has 0 spiro atoms. The third-order valence-corrected chi connectivity index (χ3v) is 2.90. The minimum absolute atomic E-state index is 0.0637. The summed E-state index contributed by atoms with van der Waals surface area (Å²) in [5.41, 5.74) is 5.89. The van der Waals surface area contributed by atoms with Gasteiger partial charge in [-0.05, 0) is 36.1 Å². The number of carbonyl (C=O) groups is 1. The fraction of sp³-hybridized carbons (Fsp3) is 0.300. The molecule has 0 unspecified atom stereocenters. The van der Waals surface area contributed by atoms with Gasteiger partial charge in [-0.15, -0.1) is 0 Å². The van der Waals surface area contributed by atoms with Gasteiger partial charge in [-0.25, -0.2) is 4.79 Å². The summed E-state index contributed by atoms with van der Waals surface area (Å²) in [5, 5.41) is 18.0. The maximum absolute atomic E-state index is 10.5.